The van der Waals surface area contributed by atoms with Crippen LogP contribution in [0.15, 0.2) is 35.4 Å². The topological polar surface area (TPSA) is 44.7 Å². The summed E-state index contributed by atoms with van der Waals surface area (Å²) in [7, 11) is 0. The third-order valence-electron chi connectivity index (χ3n) is 8.68. The summed E-state index contributed by atoms with van der Waals surface area (Å²) < 4.78 is 0. The molecule has 1 aromatic rings. The fourth-order valence-electron chi connectivity index (χ4n) is 6.23. The minimum absolute atomic E-state index is 0.0482. The molecule has 0 aromatic heterocycles. The van der Waals surface area contributed by atoms with Crippen molar-refractivity contribution < 1.29 is 4.79 Å². The molecule has 0 spiro atoms. The molecule has 158 valence electrons. The molecule has 0 saturated heterocycles. The highest BCUT2D eigenvalue weighted by molar-refractivity contribution is 6.40. The molecule has 3 aliphatic rings. The molecule has 2 saturated carbocycles. The van der Waals surface area contributed by atoms with Crippen molar-refractivity contribution in [2.24, 2.45) is 27.8 Å². The minimum Gasteiger partial charge on any atom is -0.348 e. The first-order chi connectivity index (χ1) is 13.8. The number of hydrogen-bond acceptors (Lipinski definition) is 3. The van der Waals surface area contributed by atoms with Gasteiger partial charge in [-0.05, 0) is 48.0 Å². The molecule has 1 aliphatic heterocycles. The molecule has 4 heteroatoms. The molecule has 1 aromatic carbocycles. The van der Waals surface area contributed by atoms with Crippen LogP contribution in [0.1, 0.15) is 78.3 Å². The highest BCUT2D eigenvalue weighted by Gasteiger charge is 2.61. The van der Waals surface area contributed by atoms with E-state index in [-0.39, 0.29) is 29.3 Å². The normalized spacial score (nSPS) is 35.1. The number of nitrogens with zero attached hydrogens (tertiary/aromatic N) is 2. The Morgan fingerprint density at radius 3 is 2.55 bits per heavy atom. The van der Waals surface area contributed by atoms with Crippen LogP contribution in [0.3, 0.4) is 0 Å². The molecule has 1 amide bonds. The lowest BCUT2D eigenvalue weighted by Crippen LogP contribution is -2.49. The number of unbranched alkanes of at least 4 members (excludes halogenated alkanes) is 1. The van der Waals surface area contributed by atoms with E-state index in [0.717, 1.165) is 31.7 Å². The molecule has 4 rings (SSSR count). The van der Waals surface area contributed by atoms with Crippen LogP contribution in [-0.4, -0.2) is 29.2 Å². The number of hydrazone groups is 1. The van der Waals surface area contributed by atoms with E-state index in [4.69, 9.17) is 5.10 Å². The van der Waals surface area contributed by atoms with Crippen LogP contribution in [0.5, 0.6) is 0 Å². The van der Waals surface area contributed by atoms with Crippen LogP contribution in [0.4, 0.5) is 0 Å². The van der Waals surface area contributed by atoms with Crippen LogP contribution in [0.25, 0.3) is 0 Å². The van der Waals surface area contributed by atoms with Crippen molar-refractivity contribution in [2.75, 3.05) is 6.54 Å². The highest BCUT2D eigenvalue weighted by atomic mass is 16.2. The first-order valence-corrected chi connectivity index (χ1v) is 11.5. The quantitative estimate of drug-likeness (QED) is 0.722. The summed E-state index contributed by atoms with van der Waals surface area (Å²) in [6.07, 6.45) is 5.84. The number of rotatable bonds is 6. The molecule has 2 unspecified atom stereocenters. The molecular formula is C25H37N3O. The summed E-state index contributed by atoms with van der Waals surface area (Å²) in [5.41, 5.74) is 2.44. The smallest absolute Gasteiger partial charge is 0.268 e. The first kappa shape index (κ1) is 20.4. The van der Waals surface area contributed by atoms with Crippen molar-refractivity contribution in [1.29, 1.82) is 0 Å². The van der Waals surface area contributed by atoms with Crippen molar-refractivity contribution in [3.8, 4) is 0 Å². The van der Waals surface area contributed by atoms with Gasteiger partial charge in [-0.3, -0.25) is 9.80 Å². The Labute approximate surface area is 176 Å². The summed E-state index contributed by atoms with van der Waals surface area (Å²) >= 11 is 0. The second kappa shape index (κ2) is 7.45. The van der Waals surface area contributed by atoms with Crippen molar-refractivity contribution in [3.63, 3.8) is 0 Å². The zero-order chi connectivity index (χ0) is 20.8. The summed E-state index contributed by atoms with van der Waals surface area (Å²) in [6.45, 7) is 12.4. The molecule has 1 N–H and O–H groups in total. The third kappa shape index (κ3) is 3.19. The Morgan fingerprint density at radius 1 is 1.24 bits per heavy atom. The molecular weight excluding hydrogens is 358 g/mol. The fraction of sp³-hybridized carbons (Fsp3) is 0.680. The maximum Gasteiger partial charge on any atom is 0.268 e. The maximum absolute atomic E-state index is 13.4. The number of fused-ring (bicyclic) bond motifs is 2. The van der Waals surface area contributed by atoms with Gasteiger partial charge in [-0.15, -0.1) is 0 Å². The van der Waals surface area contributed by atoms with E-state index in [2.05, 4.69) is 69.2 Å². The summed E-state index contributed by atoms with van der Waals surface area (Å²) in [5, 5.41) is 10.5. The Morgan fingerprint density at radius 2 is 1.97 bits per heavy atom. The average molecular weight is 396 g/mol. The van der Waals surface area contributed by atoms with E-state index in [0.29, 0.717) is 11.1 Å². The van der Waals surface area contributed by atoms with Gasteiger partial charge in [0.1, 0.15) is 5.71 Å². The van der Waals surface area contributed by atoms with Gasteiger partial charge in [0.05, 0.1) is 6.04 Å². The second-order valence-corrected chi connectivity index (χ2v) is 10.3. The van der Waals surface area contributed by atoms with Gasteiger partial charge in [-0.25, -0.2) is 0 Å². The zero-order valence-corrected chi connectivity index (χ0v) is 18.7. The zero-order valence-electron chi connectivity index (χ0n) is 18.7. The lowest BCUT2D eigenvalue weighted by Gasteiger charge is -2.39. The van der Waals surface area contributed by atoms with Crippen molar-refractivity contribution in [3.05, 3.63) is 35.9 Å². The fourth-order valence-corrected chi connectivity index (χ4v) is 6.23. The Balaban J connectivity index is 1.53. The predicted octanol–water partition coefficient (Wildman–Crippen LogP) is 5.17. The molecule has 5 atom stereocenters. The van der Waals surface area contributed by atoms with Crippen molar-refractivity contribution >= 4 is 11.6 Å². The van der Waals surface area contributed by atoms with Gasteiger partial charge in [0.2, 0.25) is 0 Å². The molecule has 2 bridgehead atoms. The average Bonchev–Trinajstić information content (AvgIpc) is 3.21. The molecule has 2 aliphatic carbocycles. The predicted molar refractivity (Wildman–Crippen MR) is 119 cm³/mol. The van der Waals surface area contributed by atoms with E-state index in [1.54, 1.807) is 0 Å². The van der Waals surface area contributed by atoms with Gasteiger partial charge >= 0.3 is 0 Å². The maximum atomic E-state index is 13.4. The first-order valence-electron chi connectivity index (χ1n) is 11.5. The molecule has 0 radical (unpaired) electrons. The van der Waals surface area contributed by atoms with Crippen LogP contribution in [0.2, 0.25) is 0 Å². The Bertz CT molecular complexity index is 787. The van der Waals surface area contributed by atoms with Crippen LogP contribution < -0.4 is 5.32 Å². The van der Waals surface area contributed by atoms with Crippen molar-refractivity contribution in [1.82, 2.24) is 10.3 Å². The van der Waals surface area contributed by atoms with Crippen LogP contribution in [0, 0.1) is 22.7 Å². The molecule has 29 heavy (non-hydrogen) atoms. The van der Waals surface area contributed by atoms with Gasteiger partial charge < -0.3 is 5.32 Å². The van der Waals surface area contributed by atoms with E-state index in [1.165, 1.54) is 18.4 Å². The largest absolute Gasteiger partial charge is 0.348 e. The summed E-state index contributed by atoms with van der Waals surface area (Å²) in [4.78, 5) is 13.4. The lowest BCUT2D eigenvalue weighted by atomic mass is 9.69. The van der Waals surface area contributed by atoms with E-state index < -0.39 is 0 Å². The van der Waals surface area contributed by atoms with Crippen LogP contribution in [-0.2, 0) is 4.79 Å². The molecule has 4 nitrogen and oxygen atoms in total. The Hall–Kier alpha value is -1.84. The van der Waals surface area contributed by atoms with Gasteiger partial charge in [-0.2, -0.15) is 5.10 Å². The van der Waals surface area contributed by atoms with Gasteiger partial charge in [-0.1, -0.05) is 71.4 Å². The van der Waals surface area contributed by atoms with E-state index in [9.17, 15) is 4.79 Å². The summed E-state index contributed by atoms with van der Waals surface area (Å²) in [5.74, 6) is 0.861. The number of amides is 1. The number of nitrogens with one attached hydrogen (secondary N) is 1. The SMILES string of the molecule is CCCCN1N=C(C(=O)N[C@H]2C[C@H]3CC[C@]2(C)C3(C)C)C(C)C1c1ccccc1. The van der Waals surface area contributed by atoms with Gasteiger partial charge in [0, 0.05) is 18.5 Å². The molecule has 1 heterocycles. The van der Waals surface area contributed by atoms with Crippen LogP contribution >= 0.6 is 0 Å². The van der Waals surface area contributed by atoms with Gasteiger partial charge in [0.25, 0.3) is 5.91 Å². The van der Waals surface area contributed by atoms with Gasteiger partial charge in [0.15, 0.2) is 0 Å². The number of hydrogen-bond donors (Lipinski definition) is 1. The minimum atomic E-state index is 0.0482. The third-order valence-corrected chi connectivity index (χ3v) is 8.68. The Kier molecular flexibility index (Phi) is 5.25. The standard InChI is InChI=1S/C25H37N3O/c1-6-7-15-28-22(18-11-9-8-10-12-18)17(2)21(27-28)23(29)26-20-16-19-13-14-25(20,5)24(19,3)4/h8-12,17,19-20,22H,6-7,13-16H2,1-5H3,(H,26,29)/t17?,19-,20+,22?,25+/m1/s1. The molecule has 2 fully saturated rings. The second-order valence-electron chi connectivity index (χ2n) is 10.3. The van der Waals surface area contributed by atoms with Crippen molar-refractivity contribution in [2.45, 2.75) is 78.8 Å². The number of carbonyl (C=O) groups excluding carboxylic acids is 1. The lowest BCUT2D eigenvalue weighted by molar-refractivity contribution is -0.116. The monoisotopic (exact) mass is 395 g/mol. The van der Waals surface area contributed by atoms with E-state index >= 15 is 0 Å². The highest BCUT2D eigenvalue weighted by Crippen LogP contribution is 2.65. The summed E-state index contributed by atoms with van der Waals surface area (Å²) in [6, 6.07) is 10.9. The van der Waals surface area contributed by atoms with E-state index in [1.807, 2.05) is 6.07 Å². The number of benzene rings is 1. The number of carbonyl (C=O) groups is 1.